The number of rotatable bonds is 6. The molecule has 0 heterocycles. The van der Waals surface area contributed by atoms with Crippen LogP contribution in [0.2, 0.25) is 10.0 Å². The van der Waals surface area contributed by atoms with Gasteiger partial charge >= 0.3 is 5.97 Å². The van der Waals surface area contributed by atoms with Crippen molar-refractivity contribution < 1.29 is 14.7 Å². The SMILES string of the molecule is Nc1ccc(/C=C/C[C@H](NC(=O)c2c(Cl)cccc2Cl)C(=O)O)cc1. The lowest BCUT2D eigenvalue weighted by molar-refractivity contribution is -0.139. The van der Waals surface area contributed by atoms with Crippen molar-refractivity contribution in [3.05, 3.63) is 69.7 Å². The van der Waals surface area contributed by atoms with Crippen LogP contribution in [-0.4, -0.2) is 23.0 Å². The molecule has 2 aromatic rings. The van der Waals surface area contributed by atoms with Gasteiger partial charge in [0, 0.05) is 5.69 Å². The third-order valence-corrected chi connectivity index (χ3v) is 4.04. The second-order valence-electron chi connectivity index (χ2n) is 5.27. The number of carboxylic acids is 1. The summed E-state index contributed by atoms with van der Waals surface area (Å²) in [4.78, 5) is 23.7. The fourth-order valence-corrected chi connectivity index (χ4v) is 2.68. The molecule has 1 amide bonds. The topological polar surface area (TPSA) is 92.4 Å². The van der Waals surface area contributed by atoms with Crippen LogP contribution in [0, 0.1) is 0 Å². The van der Waals surface area contributed by atoms with E-state index in [1.54, 1.807) is 30.4 Å². The number of nitrogens with one attached hydrogen (secondary N) is 1. The Balaban J connectivity index is 2.07. The number of benzene rings is 2. The molecule has 0 spiro atoms. The number of aliphatic carboxylic acids is 1. The zero-order valence-electron chi connectivity index (χ0n) is 13.1. The number of halogens is 2. The minimum absolute atomic E-state index is 0.0552. The van der Waals surface area contributed by atoms with E-state index in [2.05, 4.69) is 5.32 Å². The maximum Gasteiger partial charge on any atom is 0.326 e. The largest absolute Gasteiger partial charge is 0.480 e. The number of carbonyl (C=O) groups excluding carboxylic acids is 1. The molecule has 0 saturated carbocycles. The number of amides is 1. The highest BCUT2D eigenvalue weighted by molar-refractivity contribution is 6.39. The van der Waals surface area contributed by atoms with E-state index in [4.69, 9.17) is 28.9 Å². The van der Waals surface area contributed by atoms with Gasteiger partial charge < -0.3 is 16.2 Å². The molecule has 0 aromatic heterocycles. The predicted molar refractivity (Wildman–Crippen MR) is 99.9 cm³/mol. The second kappa shape index (κ2) is 8.55. The third-order valence-electron chi connectivity index (χ3n) is 3.41. The number of anilines is 1. The van der Waals surface area contributed by atoms with Crippen molar-refractivity contribution in [1.82, 2.24) is 5.32 Å². The van der Waals surface area contributed by atoms with Crippen molar-refractivity contribution in [2.75, 3.05) is 5.73 Å². The number of hydrogen-bond donors (Lipinski definition) is 3. The highest BCUT2D eigenvalue weighted by Gasteiger charge is 2.22. The van der Waals surface area contributed by atoms with Crippen LogP contribution in [0.25, 0.3) is 6.08 Å². The number of hydrogen-bond acceptors (Lipinski definition) is 3. The van der Waals surface area contributed by atoms with E-state index >= 15 is 0 Å². The minimum atomic E-state index is -1.15. The van der Waals surface area contributed by atoms with E-state index in [0.717, 1.165) is 5.56 Å². The molecular weight excluding hydrogens is 363 g/mol. The van der Waals surface area contributed by atoms with Gasteiger partial charge in [-0.1, -0.05) is 53.6 Å². The van der Waals surface area contributed by atoms with E-state index < -0.39 is 17.9 Å². The average molecular weight is 379 g/mol. The van der Waals surface area contributed by atoms with Crippen LogP contribution in [0.15, 0.2) is 48.5 Å². The third kappa shape index (κ3) is 5.24. The van der Waals surface area contributed by atoms with E-state index in [0.29, 0.717) is 5.69 Å². The molecule has 4 N–H and O–H groups in total. The highest BCUT2D eigenvalue weighted by Crippen LogP contribution is 2.24. The maximum absolute atomic E-state index is 12.3. The molecule has 2 aromatic carbocycles. The van der Waals surface area contributed by atoms with Gasteiger partial charge in [-0.15, -0.1) is 0 Å². The summed E-state index contributed by atoms with van der Waals surface area (Å²) in [6, 6.07) is 10.6. The quantitative estimate of drug-likeness (QED) is 0.665. The molecule has 0 bridgehead atoms. The van der Waals surface area contributed by atoms with E-state index in [-0.39, 0.29) is 22.0 Å². The first-order valence-corrected chi connectivity index (χ1v) is 8.14. The predicted octanol–water partition coefficient (Wildman–Crippen LogP) is 3.86. The standard InChI is InChI=1S/C18H16Cl2N2O3/c19-13-4-2-5-14(20)16(13)17(23)22-15(18(24)25)6-1-3-11-7-9-12(21)10-8-11/h1-5,7-10,15H,6,21H2,(H,22,23)(H,24,25)/b3-1+/t15-/m0/s1. The Morgan fingerprint density at radius 1 is 1.12 bits per heavy atom. The lowest BCUT2D eigenvalue weighted by Crippen LogP contribution is -2.40. The van der Waals surface area contributed by atoms with Gasteiger partial charge in [0.05, 0.1) is 15.6 Å². The maximum atomic E-state index is 12.3. The monoisotopic (exact) mass is 378 g/mol. The fraction of sp³-hybridized carbons (Fsp3) is 0.111. The van der Waals surface area contributed by atoms with Crippen LogP contribution < -0.4 is 11.1 Å². The zero-order valence-corrected chi connectivity index (χ0v) is 14.6. The Kier molecular flexibility index (Phi) is 6.44. The summed E-state index contributed by atoms with van der Waals surface area (Å²) >= 11 is 11.9. The van der Waals surface area contributed by atoms with Crippen LogP contribution in [-0.2, 0) is 4.79 Å². The summed E-state index contributed by atoms with van der Waals surface area (Å²) in [6.07, 6.45) is 3.52. The van der Waals surface area contributed by atoms with Gasteiger partial charge in [0.15, 0.2) is 0 Å². The number of nitrogens with two attached hydrogens (primary N) is 1. The molecular formula is C18H16Cl2N2O3. The van der Waals surface area contributed by atoms with E-state index in [9.17, 15) is 14.7 Å². The smallest absolute Gasteiger partial charge is 0.326 e. The molecule has 1 atom stereocenters. The summed E-state index contributed by atoms with van der Waals surface area (Å²) in [5.41, 5.74) is 7.18. The summed E-state index contributed by atoms with van der Waals surface area (Å²) < 4.78 is 0. The fourth-order valence-electron chi connectivity index (χ4n) is 2.11. The number of carboxylic acid groups (broad SMARTS) is 1. The second-order valence-corrected chi connectivity index (χ2v) is 6.08. The Bertz CT molecular complexity index is 784. The molecule has 0 aliphatic heterocycles. The van der Waals surface area contributed by atoms with Crippen molar-refractivity contribution >= 4 is 46.8 Å². The molecule has 25 heavy (non-hydrogen) atoms. The molecule has 0 unspecified atom stereocenters. The summed E-state index contributed by atoms with van der Waals surface area (Å²) in [7, 11) is 0. The van der Waals surface area contributed by atoms with Gasteiger partial charge in [-0.3, -0.25) is 4.79 Å². The van der Waals surface area contributed by atoms with Crippen LogP contribution in [0.4, 0.5) is 5.69 Å². The first-order valence-electron chi connectivity index (χ1n) is 7.38. The molecule has 7 heteroatoms. The summed E-state index contributed by atoms with van der Waals surface area (Å²) in [5.74, 6) is -1.79. The van der Waals surface area contributed by atoms with Crippen molar-refractivity contribution in [3.8, 4) is 0 Å². The molecule has 2 rings (SSSR count). The van der Waals surface area contributed by atoms with Crippen molar-refractivity contribution in [3.63, 3.8) is 0 Å². The Morgan fingerprint density at radius 2 is 1.72 bits per heavy atom. The number of nitrogen functional groups attached to an aromatic ring is 1. The molecule has 130 valence electrons. The lowest BCUT2D eigenvalue weighted by atomic mass is 10.1. The average Bonchev–Trinajstić information content (AvgIpc) is 2.55. The van der Waals surface area contributed by atoms with Crippen LogP contribution in [0.5, 0.6) is 0 Å². The molecule has 0 aliphatic carbocycles. The van der Waals surface area contributed by atoms with Gasteiger partial charge in [-0.25, -0.2) is 4.79 Å². The van der Waals surface area contributed by atoms with Crippen molar-refractivity contribution in [2.24, 2.45) is 0 Å². The Labute approximate surface area is 155 Å². The summed E-state index contributed by atoms with van der Waals surface area (Å²) in [5, 5.41) is 12.1. The highest BCUT2D eigenvalue weighted by atomic mass is 35.5. The first-order chi connectivity index (χ1) is 11.9. The summed E-state index contributed by atoms with van der Waals surface area (Å²) in [6.45, 7) is 0. The molecule has 0 radical (unpaired) electrons. The van der Waals surface area contributed by atoms with Gasteiger partial charge in [-0.2, -0.15) is 0 Å². The van der Waals surface area contributed by atoms with Crippen LogP contribution >= 0.6 is 23.2 Å². The van der Waals surface area contributed by atoms with E-state index in [1.807, 2.05) is 12.1 Å². The van der Waals surface area contributed by atoms with E-state index in [1.165, 1.54) is 12.1 Å². The Hall–Kier alpha value is -2.50. The Morgan fingerprint density at radius 3 is 2.28 bits per heavy atom. The molecule has 0 fully saturated rings. The van der Waals surface area contributed by atoms with Gasteiger partial charge in [-0.05, 0) is 36.2 Å². The lowest BCUT2D eigenvalue weighted by Gasteiger charge is -2.14. The number of carbonyl (C=O) groups is 2. The molecule has 5 nitrogen and oxygen atoms in total. The first kappa shape index (κ1) is 18.8. The molecule has 0 saturated heterocycles. The minimum Gasteiger partial charge on any atom is -0.480 e. The van der Waals surface area contributed by atoms with Gasteiger partial charge in [0.1, 0.15) is 6.04 Å². The molecule has 0 aliphatic rings. The van der Waals surface area contributed by atoms with Crippen molar-refractivity contribution in [1.29, 1.82) is 0 Å². The van der Waals surface area contributed by atoms with Gasteiger partial charge in [0.2, 0.25) is 0 Å². The van der Waals surface area contributed by atoms with Crippen molar-refractivity contribution in [2.45, 2.75) is 12.5 Å². The van der Waals surface area contributed by atoms with Crippen LogP contribution in [0.3, 0.4) is 0 Å². The van der Waals surface area contributed by atoms with Crippen LogP contribution in [0.1, 0.15) is 22.3 Å². The van der Waals surface area contributed by atoms with Gasteiger partial charge in [0.25, 0.3) is 5.91 Å². The zero-order chi connectivity index (χ0) is 18.4. The normalized spacial score (nSPS) is 12.1.